The van der Waals surface area contributed by atoms with Gasteiger partial charge in [0.05, 0.1) is 25.0 Å². The molecule has 4 rings (SSSR count). The Labute approximate surface area is 299 Å². The Morgan fingerprint density at radius 2 is 1.62 bits per heavy atom. The number of rotatable bonds is 19. The quantitative estimate of drug-likeness (QED) is 0.0872. The third-order valence-electron chi connectivity index (χ3n) is 7.74. The van der Waals surface area contributed by atoms with Crippen molar-refractivity contribution in [1.29, 1.82) is 0 Å². The molecule has 0 radical (unpaired) electrons. The number of pyridine rings is 1. The summed E-state index contributed by atoms with van der Waals surface area (Å²) in [4.78, 5) is 89.9. The summed E-state index contributed by atoms with van der Waals surface area (Å²) in [6.45, 7) is 1.05. The van der Waals surface area contributed by atoms with Crippen LogP contribution in [0.1, 0.15) is 49.8 Å². The van der Waals surface area contributed by atoms with Crippen molar-refractivity contribution in [2.45, 2.75) is 57.7 Å². The number of unbranched alkanes of at least 4 members (excludes halogenated alkanes) is 2. The molecule has 0 spiro atoms. The molecule has 0 fully saturated rings. The summed E-state index contributed by atoms with van der Waals surface area (Å²) >= 11 is 0. The predicted molar refractivity (Wildman–Crippen MR) is 183 cm³/mol. The SMILES string of the molecule is NC(=O)NCCC[C@H](NC(=O)CNC(=O)CCCCCN1C(=O)C=CC1=O)C(=O)Nc1ccc(COC(=O)NCc2cc3c(cn2)OCCO3)cc1. The molecule has 0 saturated carbocycles. The monoisotopic (exact) mass is 722 g/mol. The van der Waals surface area contributed by atoms with Crippen molar-refractivity contribution in [2.75, 3.05) is 38.2 Å². The Hall–Kier alpha value is -6.20. The van der Waals surface area contributed by atoms with Crippen molar-refractivity contribution in [2.24, 2.45) is 5.73 Å². The molecule has 0 aliphatic carbocycles. The number of anilines is 1. The Morgan fingerprint density at radius 3 is 2.35 bits per heavy atom. The fourth-order valence-corrected chi connectivity index (χ4v) is 5.05. The average molecular weight is 723 g/mol. The van der Waals surface area contributed by atoms with Gasteiger partial charge >= 0.3 is 12.1 Å². The summed E-state index contributed by atoms with van der Waals surface area (Å²) in [5.41, 5.74) is 6.74. The molecule has 18 nitrogen and oxygen atoms in total. The number of urea groups is 1. The minimum atomic E-state index is -1.00. The number of nitrogens with zero attached hydrogens (tertiary/aromatic N) is 2. The van der Waals surface area contributed by atoms with Gasteiger partial charge in [0.15, 0.2) is 11.5 Å². The summed E-state index contributed by atoms with van der Waals surface area (Å²) in [5, 5.41) is 12.9. The molecule has 1 atom stereocenters. The number of primary amides is 1. The Kier molecular flexibility index (Phi) is 14.7. The van der Waals surface area contributed by atoms with Gasteiger partial charge in [-0.2, -0.15) is 0 Å². The molecule has 1 aromatic heterocycles. The lowest BCUT2D eigenvalue weighted by Crippen LogP contribution is -2.47. The molecular weight excluding hydrogens is 680 g/mol. The summed E-state index contributed by atoms with van der Waals surface area (Å²) in [7, 11) is 0. The number of fused-ring (bicyclic) bond motifs is 1. The van der Waals surface area contributed by atoms with Crippen LogP contribution in [0.5, 0.6) is 11.5 Å². The summed E-state index contributed by atoms with van der Waals surface area (Å²) < 4.78 is 16.2. The van der Waals surface area contributed by atoms with Gasteiger partial charge in [-0.05, 0) is 43.4 Å². The first-order valence-electron chi connectivity index (χ1n) is 16.7. The van der Waals surface area contributed by atoms with Crippen LogP contribution in [-0.2, 0) is 41.9 Å². The number of nitrogens with two attached hydrogens (primary N) is 1. The summed E-state index contributed by atoms with van der Waals surface area (Å²) in [6, 6.07) is 6.51. The van der Waals surface area contributed by atoms with E-state index in [4.69, 9.17) is 19.9 Å². The number of ether oxygens (including phenoxy) is 3. The Bertz CT molecular complexity index is 1630. The minimum Gasteiger partial charge on any atom is -0.486 e. The highest BCUT2D eigenvalue weighted by Gasteiger charge is 2.23. The number of alkyl carbamates (subject to hydrolysis) is 1. The molecule has 0 saturated heterocycles. The second kappa shape index (κ2) is 19.9. The predicted octanol–water partition coefficient (Wildman–Crippen LogP) is 0.753. The lowest BCUT2D eigenvalue weighted by atomic mass is 10.1. The molecule has 2 aliphatic heterocycles. The molecule has 7 N–H and O–H groups in total. The first-order valence-corrected chi connectivity index (χ1v) is 16.7. The number of aromatic nitrogens is 1. The van der Waals surface area contributed by atoms with Crippen molar-refractivity contribution in [3.8, 4) is 11.5 Å². The van der Waals surface area contributed by atoms with Crippen LogP contribution in [0.4, 0.5) is 15.3 Å². The fraction of sp³-hybridized carbons (Fsp3) is 0.412. The van der Waals surface area contributed by atoms with Gasteiger partial charge in [0, 0.05) is 43.4 Å². The highest BCUT2D eigenvalue weighted by atomic mass is 16.6. The molecule has 1 aromatic carbocycles. The van der Waals surface area contributed by atoms with Gasteiger partial charge in [0.2, 0.25) is 17.7 Å². The molecule has 8 amide bonds. The number of amides is 8. The maximum Gasteiger partial charge on any atom is 0.407 e. The molecule has 52 heavy (non-hydrogen) atoms. The van der Waals surface area contributed by atoms with Gasteiger partial charge < -0.3 is 46.5 Å². The molecule has 0 unspecified atom stereocenters. The number of nitrogens with one attached hydrogen (secondary N) is 5. The lowest BCUT2D eigenvalue weighted by Gasteiger charge is -2.19. The van der Waals surface area contributed by atoms with Crippen molar-refractivity contribution in [1.82, 2.24) is 31.2 Å². The van der Waals surface area contributed by atoms with Gasteiger partial charge in [-0.15, -0.1) is 0 Å². The van der Waals surface area contributed by atoms with Gasteiger partial charge in [0.25, 0.3) is 11.8 Å². The summed E-state index contributed by atoms with van der Waals surface area (Å²) in [6.07, 6.45) is 5.58. The zero-order chi connectivity index (χ0) is 37.3. The lowest BCUT2D eigenvalue weighted by molar-refractivity contribution is -0.137. The molecule has 2 aliphatic rings. The van der Waals surface area contributed by atoms with Crippen LogP contribution >= 0.6 is 0 Å². The van der Waals surface area contributed by atoms with Crippen molar-refractivity contribution in [3.63, 3.8) is 0 Å². The highest BCUT2D eigenvalue weighted by molar-refractivity contribution is 6.12. The van der Waals surface area contributed by atoms with E-state index in [1.54, 1.807) is 30.3 Å². The maximum absolute atomic E-state index is 13.1. The van der Waals surface area contributed by atoms with E-state index < -0.39 is 30.0 Å². The van der Waals surface area contributed by atoms with E-state index in [2.05, 4.69) is 31.6 Å². The van der Waals surface area contributed by atoms with Crippen LogP contribution in [-0.4, -0.2) is 90.4 Å². The first-order chi connectivity index (χ1) is 25.1. The average Bonchev–Trinajstić information content (AvgIpc) is 3.46. The van der Waals surface area contributed by atoms with Crippen molar-refractivity contribution in [3.05, 3.63) is 59.9 Å². The number of imide groups is 1. The van der Waals surface area contributed by atoms with Crippen LogP contribution in [0.15, 0.2) is 48.7 Å². The standard InChI is InChI=1S/C34H42N8O10/c35-33(48)36-13-4-5-25(41-29(44)20-38-28(43)6-2-1-3-14-42-30(45)11-12-31(42)46)32(47)40-23-9-7-22(8-10-23)21-52-34(49)39-18-24-17-26-27(19-37-24)51-16-15-50-26/h7-12,17,19,25H,1-6,13-16,18,20-21H2,(H,38,43)(H,39,49)(H,40,47)(H,41,44)(H3,35,36,48)/t25-/m0/s1. The largest absolute Gasteiger partial charge is 0.486 e. The molecule has 2 aromatic rings. The van der Waals surface area contributed by atoms with Gasteiger partial charge in [-0.3, -0.25) is 33.9 Å². The van der Waals surface area contributed by atoms with E-state index in [-0.39, 0.29) is 63.3 Å². The molecule has 3 heterocycles. The van der Waals surface area contributed by atoms with Crippen molar-refractivity contribution < 1.29 is 47.8 Å². The number of carbonyl (C=O) groups is 7. The maximum atomic E-state index is 13.1. The fourth-order valence-electron chi connectivity index (χ4n) is 5.05. The van der Waals surface area contributed by atoms with Gasteiger partial charge in [-0.25, -0.2) is 9.59 Å². The zero-order valence-corrected chi connectivity index (χ0v) is 28.4. The second-order valence-corrected chi connectivity index (χ2v) is 11.7. The van der Waals surface area contributed by atoms with Crippen LogP contribution < -0.4 is 41.8 Å². The zero-order valence-electron chi connectivity index (χ0n) is 28.4. The van der Waals surface area contributed by atoms with Gasteiger partial charge in [0.1, 0.15) is 25.9 Å². The van der Waals surface area contributed by atoms with E-state index in [0.29, 0.717) is 67.3 Å². The van der Waals surface area contributed by atoms with Crippen LogP contribution in [0, 0.1) is 0 Å². The smallest absolute Gasteiger partial charge is 0.407 e. The molecule has 278 valence electrons. The van der Waals surface area contributed by atoms with E-state index in [9.17, 15) is 33.6 Å². The van der Waals surface area contributed by atoms with Crippen LogP contribution in [0.2, 0.25) is 0 Å². The minimum absolute atomic E-state index is 0.0375. The second-order valence-electron chi connectivity index (χ2n) is 11.7. The van der Waals surface area contributed by atoms with E-state index in [1.807, 2.05) is 0 Å². The first kappa shape index (κ1) is 38.6. The van der Waals surface area contributed by atoms with Crippen LogP contribution in [0.25, 0.3) is 0 Å². The molecule has 18 heteroatoms. The van der Waals surface area contributed by atoms with Crippen molar-refractivity contribution >= 4 is 47.3 Å². The van der Waals surface area contributed by atoms with Gasteiger partial charge in [-0.1, -0.05) is 18.6 Å². The topological polar surface area (TPSA) is 249 Å². The Balaban J connectivity index is 1.17. The number of hydrogen-bond donors (Lipinski definition) is 6. The third kappa shape index (κ3) is 12.9. The third-order valence-corrected chi connectivity index (χ3v) is 7.74. The van der Waals surface area contributed by atoms with E-state index in [0.717, 1.165) is 4.90 Å². The number of hydrogen-bond acceptors (Lipinski definition) is 11. The van der Waals surface area contributed by atoms with E-state index in [1.165, 1.54) is 18.3 Å². The number of benzene rings is 1. The Morgan fingerprint density at radius 1 is 0.885 bits per heavy atom. The molecule has 0 bridgehead atoms. The highest BCUT2D eigenvalue weighted by Crippen LogP contribution is 2.29. The summed E-state index contributed by atoms with van der Waals surface area (Å²) in [5.74, 6) is -1.08. The number of carbonyl (C=O) groups excluding carboxylic acids is 7. The normalized spacial score (nSPS) is 13.6. The van der Waals surface area contributed by atoms with E-state index >= 15 is 0 Å². The molecular formula is C34H42N8O10. The van der Waals surface area contributed by atoms with Crippen LogP contribution in [0.3, 0.4) is 0 Å².